The maximum atomic E-state index is 11.1. The standard InChI is InChI=1S/C14H17ClN4O2/c1-8-11-12(15)10(14(20)21)6-17-13(11)19(18-8)7-9-2-4-16-5-3-9/h6,9,16H,2-5,7H2,1H3,(H,20,21). The molecule has 112 valence electrons. The van der Waals surface area contributed by atoms with Crippen molar-refractivity contribution in [2.24, 2.45) is 5.92 Å². The fourth-order valence-electron chi connectivity index (χ4n) is 2.86. The zero-order valence-electron chi connectivity index (χ0n) is 11.8. The average molecular weight is 309 g/mol. The number of carboxylic acids is 1. The Balaban J connectivity index is 2.01. The van der Waals surface area contributed by atoms with E-state index in [4.69, 9.17) is 16.7 Å². The molecular weight excluding hydrogens is 292 g/mol. The van der Waals surface area contributed by atoms with Crippen molar-refractivity contribution in [3.05, 3.63) is 22.5 Å². The van der Waals surface area contributed by atoms with Crippen molar-refractivity contribution in [3.63, 3.8) is 0 Å². The highest BCUT2D eigenvalue weighted by Gasteiger charge is 2.21. The Bertz CT molecular complexity index is 692. The second-order valence-corrected chi connectivity index (χ2v) is 5.83. The lowest BCUT2D eigenvalue weighted by molar-refractivity contribution is 0.0697. The smallest absolute Gasteiger partial charge is 0.338 e. The van der Waals surface area contributed by atoms with Gasteiger partial charge in [-0.05, 0) is 38.8 Å². The molecule has 0 spiro atoms. The first kappa shape index (κ1) is 14.3. The maximum absolute atomic E-state index is 11.1. The summed E-state index contributed by atoms with van der Waals surface area (Å²) in [6.45, 7) is 4.68. The second-order valence-electron chi connectivity index (χ2n) is 5.45. The van der Waals surface area contributed by atoms with Crippen LogP contribution in [0.15, 0.2) is 6.20 Å². The topological polar surface area (TPSA) is 80.0 Å². The molecule has 0 aliphatic carbocycles. The van der Waals surface area contributed by atoms with Crippen LogP contribution in [-0.4, -0.2) is 38.9 Å². The molecule has 7 heteroatoms. The first-order chi connectivity index (χ1) is 10.1. The summed E-state index contributed by atoms with van der Waals surface area (Å²) in [5.74, 6) is -0.506. The zero-order chi connectivity index (χ0) is 15.0. The van der Waals surface area contributed by atoms with E-state index in [-0.39, 0.29) is 10.6 Å². The van der Waals surface area contributed by atoms with Gasteiger partial charge in [-0.1, -0.05) is 11.6 Å². The van der Waals surface area contributed by atoms with Gasteiger partial charge in [-0.3, -0.25) is 0 Å². The molecule has 2 aromatic rings. The molecular formula is C14H17ClN4O2. The van der Waals surface area contributed by atoms with Gasteiger partial charge in [0.2, 0.25) is 0 Å². The van der Waals surface area contributed by atoms with E-state index in [1.807, 2.05) is 11.6 Å². The first-order valence-electron chi connectivity index (χ1n) is 7.03. The van der Waals surface area contributed by atoms with Crippen molar-refractivity contribution in [1.82, 2.24) is 20.1 Å². The number of fused-ring (bicyclic) bond motifs is 1. The van der Waals surface area contributed by atoms with E-state index in [0.29, 0.717) is 17.0 Å². The third kappa shape index (κ3) is 2.61. The van der Waals surface area contributed by atoms with Crippen molar-refractivity contribution in [1.29, 1.82) is 0 Å². The Morgan fingerprint density at radius 1 is 1.52 bits per heavy atom. The number of aryl methyl sites for hydroxylation is 1. The predicted octanol–water partition coefficient (Wildman–Crippen LogP) is 2.09. The minimum atomic E-state index is -1.07. The first-order valence-corrected chi connectivity index (χ1v) is 7.41. The highest BCUT2D eigenvalue weighted by Crippen LogP contribution is 2.29. The summed E-state index contributed by atoms with van der Waals surface area (Å²) in [5, 5.41) is 17.8. The van der Waals surface area contributed by atoms with Crippen LogP contribution in [0.1, 0.15) is 28.9 Å². The largest absolute Gasteiger partial charge is 0.478 e. The van der Waals surface area contributed by atoms with Crippen LogP contribution in [0.2, 0.25) is 5.02 Å². The highest BCUT2D eigenvalue weighted by molar-refractivity contribution is 6.38. The number of carboxylic acid groups (broad SMARTS) is 1. The molecule has 6 nitrogen and oxygen atoms in total. The summed E-state index contributed by atoms with van der Waals surface area (Å²) in [6.07, 6.45) is 3.54. The molecule has 1 aliphatic heterocycles. The van der Waals surface area contributed by atoms with E-state index in [2.05, 4.69) is 15.4 Å². The number of hydrogen-bond acceptors (Lipinski definition) is 4. The third-order valence-electron chi connectivity index (χ3n) is 3.99. The lowest BCUT2D eigenvalue weighted by Gasteiger charge is -2.22. The van der Waals surface area contributed by atoms with Crippen molar-refractivity contribution in [3.8, 4) is 0 Å². The van der Waals surface area contributed by atoms with Crippen molar-refractivity contribution < 1.29 is 9.90 Å². The number of nitrogens with one attached hydrogen (secondary N) is 1. The van der Waals surface area contributed by atoms with Crippen LogP contribution in [0.4, 0.5) is 0 Å². The van der Waals surface area contributed by atoms with Crippen LogP contribution in [0.25, 0.3) is 11.0 Å². The zero-order valence-corrected chi connectivity index (χ0v) is 12.5. The van der Waals surface area contributed by atoms with E-state index in [0.717, 1.165) is 38.2 Å². The number of pyridine rings is 1. The molecule has 0 unspecified atom stereocenters. The lowest BCUT2D eigenvalue weighted by Crippen LogP contribution is -2.30. The van der Waals surface area contributed by atoms with Gasteiger partial charge < -0.3 is 10.4 Å². The van der Waals surface area contributed by atoms with E-state index >= 15 is 0 Å². The maximum Gasteiger partial charge on any atom is 0.338 e. The number of hydrogen-bond donors (Lipinski definition) is 2. The van der Waals surface area contributed by atoms with Crippen LogP contribution < -0.4 is 5.32 Å². The van der Waals surface area contributed by atoms with Crippen LogP contribution in [0, 0.1) is 12.8 Å². The molecule has 0 atom stereocenters. The summed E-state index contributed by atoms with van der Waals surface area (Å²) >= 11 is 6.21. The summed E-state index contributed by atoms with van der Waals surface area (Å²) in [5.41, 5.74) is 1.41. The van der Waals surface area contributed by atoms with Crippen molar-refractivity contribution >= 4 is 28.6 Å². The van der Waals surface area contributed by atoms with Crippen molar-refractivity contribution in [2.75, 3.05) is 13.1 Å². The molecule has 3 heterocycles. The Kier molecular flexibility index (Phi) is 3.82. The van der Waals surface area contributed by atoms with Gasteiger partial charge in [0.05, 0.1) is 21.7 Å². The Morgan fingerprint density at radius 3 is 2.90 bits per heavy atom. The molecule has 21 heavy (non-hydrogen) atoms. The summed E-state index contributed by atoms with van der Waals surface area (Å²) in [6, 6.07) is 0. The van der Waals surface area contributed by atoms with Gasteiger partial charge in [-0.2, -0.15) is 5.10 Å². The molecule has 0 bridgehead atoms. The van der Waals surface area contributed by atoms with Gasteiger partial charge in [0.1, 0.15) is 0 Å². The van der Waals surface area contributed by atoms with E-state index in [9.17, 15) is 4.79 Å². The van der Waals surface area contributed by atoms with Gasteiger partial charge >= 0.3 is 5.97 Å². The Morgan fingerprint density at radius 2 is 2.24 bits per heavy atom. The molecule has 1 saturated heterocycles. The molecule has 1 fully saturated rings. The molecule has 2 N–H and O–H groups in total. The van der Waals surface area contributed by atoms with Gasteiger partial charge in [-0.25, -0.2) is 14.5 Å². The number of aromatic nitrogens is 3. The van der Waals surface area contributed by atoms with Crippen LogP contribution in [0.5, 0.6) is 0 Å². The van der Waals surface area contributed by atoms with Gasteiger partial charge in [0, 0.05) is 12.7 Å². The van der Waals surface area contributed by atoms with Crippen LogP contribution in [0.3, 0.4) is 0 Å². The number of nitrogens with zero attached hydrogens (tertiary/aromatic N) is 3. The molecule has 0 saturated carbocycles. The highest BCUT2D eigenvalue weighted by atomic mass is 35.5. The number of carbonyl (C=O) groups is 1. The molecule has 2 aromatic heterocycles. The second kappa shape index (κ2) is 5.61. The van der Waals surface area contributed by atoms with Gasteiger partial charge in [0.25, 0.3) is 0 Å². The fraction of sp³-hybridized carbons (Fsp3) is 0.500. The van der Waals surface area contributed by atoms with Crippen molar-refractivity contribution in [2.45, 2.75) is 26.3 Å². The fourth-order valence-corrected chi connectivity index (χ4v) is 3.21. The SMILES string of the molecule is Cc1nn(CC2CCNCC2)c2ncc(C(=O)O)c(Cl)c12. The van der Waals surface area contributed by atoms with Crippen LogP contribution >= 0.6 is 11.6 Å². The molecule has 1 aliphatic rings. The minimum absolute atomic E-state index is 0.0219. The number of halogens is 1. The quantitative estimate of drug-likeness (QED) is 0.907. The summed E-state index contributed by atoms with van der Waals surface area (Å²) < 4.78 is 1.86. The normalized spacial score (nSPS) is 16.5. The van der Waals surface area contributed by atoms with Crippen LogP contribution in [-0.2, 0) is 6.54 Å². The monoisotopic (exact) mass is 308 g/mol. The summed E-state index contributed by atoms with van der Waals surface area (Å²) in [4.78, 5) is 15.4. The van der Waals surface area contributed by atoms with Gasteiger partial charge in [0.15, 0.2) is 5.65 Å². The minimum Gasteiger partial charge on any atom is -0.478 e. The number of piperidine rings is 1. The van der Waals surface area contributed by atoms with E-state index in [1.165, 1.54) is 6.20 Å². The summed E-state index contributed by atoms with van der Waals surface area (Å²) in [7, 11) is 0. The number of rotatable bonds is 3. The lowest BCUT2D eigenvalue weighted by atomic mass is 9.98. The predicted molar refractivity (Wildman–Crippen MR) is 79.8 cm³/mol. The van der Waals surface area contributed by atoms with E-state index in [1.54, 1.807) is 0 Å². The molecule has 0 radical (unpaired) electrons. The third-order valence-corrected chi connectivity index (χ3v) is 4.39. The number of aromatic carboxylic acids is 1. The Hall–Kier alpha value is -1.66. The van der Waals surface area contributed by atoms with E-state index < -0.39 is 5.97 Å². The van der Waals surface area contributed by atoms with Gasteiger partial charge in [-0.15, -0.1) is 0 Å². The Labute approximate surface area is 127 Å². The average Bonchev–Trinajstić information content (AvgIpc) is 2.77. The molecule has 0 aromatic carbocycles. The molecule has 0 amide bonds. The molecule has 3 rings (SSSR count).